The molecule has 3 heteroatoms. The van der Waals surface area contributed by atoms with Crippen LogP contribution in [0.1, 0.15) is 12.8 Å². The molecule has 0 amide bonds. The maximum atomic E-state index is 3.28. The van der Waals surface area contributed by atoms with Crippen molar-refractivity contribution in [1.29, 1.82) is 0 Å². The van der Waals surface area contributed by atoms with Crippen molar-refractivity contribution >= 4 is 0 Å². The molecule has 3 N–H and O–H groups in total. The minimum absolute atomic E-state index is 0.0207. The van der Waals surface area contributed by atoms with E-state index in [1.165, 1.54) is 5.70 Å². The molecule has 0 heterocycles. The molecule has 0 saturated heterocycles. The molecule has 0 aromatic rings. The van der Waals surface area contributed by atoms with Gasteiger partial charge >= 0.3 is 0 Å². The summed E-state index contributed by atoms with van der Waals surface area (Å²) in [6.07, 6.45) is 6.61. The highest BCUT2D eigenvalue weighted by molar-refractivity contribution is 5.22. The van der Waals surface area contributed by atoms with Crippen molar-refractivity contribution in [2.24, 2.45) is 0 Å². The average molecular weight is 168 g/mol. The first-order valence-corrected chi connectivity index (χ1v) is 4.38. The maximum Gasteiger partial charge on any atom is 0.0894 e. The van der Waals surface area contributed by atoms with Gasteiger partial charge in [-0.05, 0) is 33.0 Å². The number of hydrogen-bond acceptors (Lipinski definition) is 3. The first-order valence-electron chi connectivity index (χ1n) is 4.38. The number of likely N-dealkylation sites (N-methyl/N-ethyl adjacent to an activating group) is 2. The van der Waals surface area contributed by atoms with Crippen molar-refractivity contribution in [3.8, 4) is 0 Å². The Balaban J connectivity index is 2.75. The standard InChI is InChI=1S/C9H18N3/c1-10-8-5-4-6-9(7-8,11-2)12-3/h5,7,10-12H,4,6H2,1-3H3. The number of rotatable bonds is 3. The second-order valence-electron chi connectivity index (χ2n) is 3.06. The molecule has 0 fully saturated rings. The van der Waals surface area contributed by atoms with Gasteiger partial charge < -0.3 is 5.32 Å². The van der Waals surface area contributed by atoms with E-state index < -0.39 is 0 Å². The average Bonchev–Trinajstić information content (AvgIpc) is 2.18. The summed E-state index contributed by atoms with van der Waals surface area (Å²) in [5, 5.41) is 9.72. The summed E-state index contributed by atoms with van der Waals surface area (Å²) in [7, 11) is 5.90. The summed E-state index contributed by atoms with van der Waals surface area (Å²) in [5.74, 6) is 0. The van der Waals surface area contributed by atoms with E-state index in [2.05, 4.69) is 28.4 Å². The van der Waals surface area contributed by atoms with Crippen molar-refractivity contribution < 1.29 is 0 Å². The molecule has 1 radical (unpaired) electrons. The lowest BCUT2D eigenvalue weighted by Gasteiger charge is -2.34. The van der Waals surface area contributed by atoms with Crippen LogP contribution in [0.15, 0.2) is 11.8 Å². The first kappa shape index (κ1) is 9.55. The number of allylic oxidation sites excluding steroid dienone is 1. The Hall–Kier alpha value is -0.540. The molecule has 0 aliphatic heterocycles. The van der Waals surface area contributed by atoms with Crippen LogP contribution in [0, 0.1) is 6.42 Å². The van der Waals surface area contributed by atoms with Gasteiger partial charge in [-0.3, -0.25) is 10.6 Å². The van der Waals surface area contributed by atoms with Gasteiger partial charge in [0.25, 0.3) is 0 Å². The maximum absolute atomic E-state index is 3.28. The molecule has 0 aromatic heterocycles. The molecular formula is C9H18N3. The van der Waals surface area contributed by atoms with Crippen molar-refractivity contribution in [3.05, 3.63) is 18.2 Å². The van der Waals surface area contributed by atoms with Gasteiger partial charge in [0.2, 0.25) is 0 Å². The quantitative estimate of drug-likeness (QED) is 0.528. The third-order valence-corrected chi connectivity index (χ3v) is 2.49. The lowest BCUT2D eigenvalue weighted by molar-refractivity contribution is 0.336. The second kappa shape index (κ2) is 3.92. The fourth-order valence-electron chi connectivity index (χ4n) is 1.55. The van der Waals surface area contributed by atoms with Gasteiger partial charge in [-0.2, -0.15) is 0 Å². The van der Waals surface area contributed by atoms with Gasteiger partial charge in [0.1, 0.15) is 0 Å². The lowest BCUT2D eigenvalue weighted by Crippen LogP contribution is -2.54. The van der Waals surface area contributed by atoms with E-state index in [-0.39, 0.29) is 5.66 Å². The Labute approximate surface area is 74.6 Å². The number of hydrogen-bond donors (Lipinski definition) is 3. The molecule has 12 heavy (non-hydrogen) atoms. The van der Waals surface area contributed by atoms with E-state index in [4.69, 9.17) is 0 Å². The summed E-state index contributed by atoms with van der Waals surface area (Å²) in [5.41, 5.74) is 1.18. The fraction of sp³-hybridized carbons (Fsp3) is 0.667. The van der Waals surface area contributed by atoms with Crippen LogP contribution >= 0.6 is 0 Å². The van der Waals surface area contributed by atoms with E-state index in [1.807, 2.05) is 21.1 Å². The summed E-state index contributed by atoms with van der Waals surface area (Å²) in [4.78, 5) is 0. The van der Waals surface area contributed by atoms with Crippen molar-refractivity contribution in [1.82, 2.24) is 16.0 Å². The topological polar surface area (TPSA) is 36.1 Å². The third kappa shape index (κ3) is 1.79. The van der Waals surface area contributed by atoms with Crippen molar-refractivity contribution in [2.45, 2.75) is 18.5 Å². The molecule has 0 bridgehead atoms. The van der Waals surface area contributed by atoms with Gasteiger partial charge in [0, 0.05) is 19.2 Å². The fourth-order valence-corrected chi connectivity index (χ4v) is 1.55. The summed E-state index contributed by atoms with van der Waals surface area (Å²) < 4.78 is 0. The Morgan fingerprint density at radius 3 is 2.42 bits per heavy atom. The van der Waals surface area contributed by atoms with Crippen LogP contribution in [0.4, 0.5) is 0 Å². The minimum atomic E-state index is -0.0207. The van der Waals surface area contributed by atoms with Crippen LogP contribution in [0.3, 0.4) is 0 Å². The van der Waals surface area contributed by atoms with Crippen LogP contribution in [0.5, 0.6) is 0 Å². The Morgan fingerprint density at radius 2 is 1.92 bits per heavy atom. The third-order valence-electron chi connectivity index (χ3n) is 2.49. The predicted octanol–water partition coefficient (Wildman–Crippen LogP) is 0.223. The molecule has 0 unspecified atom stereocenters. The normalized spacial score (nSPS) is 21.8. The minimum Gasteiger partial charge on any atom is -0.391 e. The second-order valence-corrected chi connectivity index (χ2v) is 3.06. The zero-order valence-electron chi connectivity index (χ0n) is 8.07. The molecule has 3 nitrogen and oxygen atoms in total. The molecule has 0 aromatic carbocycles. The highest BCUT2D eigenvalue weighted by Gasteiger charge is 2.26. The SMILES string of the molecule is CNC1=CC(NC)(NC)CC[CH]1. The summed E-state index contributed by atoms with van der Waals surface area (Å²) in [6, 6.07) is 0. The summed E-state index contributed by atoms with van der Waals surface area (Å²) in [6.45, 7) is 0. The molecular weight excluding hydrogens is 150 g/mol. The smallest absolute Gasteiger partial charge is 0.0894 e. The van der Waals surface area contributed by atoms with Crippen LogP contribution in [0.25, 0.3) is 0 Å². The predicted molar refractivity (Wildman–Crippen MR) is 51.5 cm³/mol. The van der Waals surface area contributed by atoms with Gasteiger partial charge in [-0.15, -0.1) is 0 Å². The van der Waals surface area contributed by atoms with Crippen LogP contribution in [-0.2, 0) is 0 Å². The van der Waals surface area contributed by atoms with Crippen molar-refractivity contribution in [3.63, 3.8) is 0 Å². The van der Waals surface area contributed by atoms with E-state index in [0.29, 0.717) is 0 Å². The molecule has 1 rings (SSSR count). The molecule has 69 valence electrons. The zero-order chi connectivity index (χ0) is 9.03. The summed E-state index contributed by atoms with van der Waals surface area (Å²) >= 11 is 0. The van der Waals surface area contributed by atoms with E-state index >= 15 is 0 Å². The molecule has 0 spiro atoms. The van der Waals surface area contributed by atoms with E-state index in [9.17, 15) is 0 Å². The van der Waals surface area contributed by atoms with E-state index in [1.54, 1.807) is 0 Å². The molecule has 1 aliphatic rings. The Morgan fingerprint density at radius 1 is 1.25 bits per heavy atom. The lowest BCUT2D eigenvalue weighted by atomic mass is 9.94. The first-order chi connectivity index (χ1) is 5.76. The van der Waals surface area contributed by atoms with E-state index in [0.717, 1.165) is 12.8 Å². The van der Waals surface area contributed by atoms with Gasteiger partial charge in [0.05, 0.1) is 5.66 Å². The largest absolute Gasteiger partial charge is 0.391 e. The van der Waals surface area contributed by atoms with Crippen molar-refractivity contribution in [2.75, 3.05) is 21.1 Å². The van der Waals surface area contributed by atoms with Gasteiger partial charge in [0.15, 0.2) is 0 Å². The monoisotopic (exact) mass is 168 g/mol. The highest BCUT2D eigenvalue weighted by Crippen LogP contribution is 2.21. The molecule has 1 aliphatic carbocycles. The Bertz CT molecular complexity index is 171. The zero-order valence-corrected chi connectivity index (χ0v) is 8.07. The van der Waals surface area contributed by atoms with Crippen LogP contribution in [0.2, 0.25) is 0 Å². The van der Waals surface area contributed by atoms with Gasteiger partial charge in [-0.1, -0.05) is 0 Å². The molecule has 0 atom stereocenters. The van der Waals surface area contributed by atoms with Crippen LogP contribution < -0.4 is 16.0 Å². The molecule has 0 saturated carbocycles. The highest BCUT2D eigenvalue weighted by atomic mass is 15.2. The van der Waals surface area contributed by atoms with Crippen LogP contribution in [-0.4, -0.2) is 26.8 Å². The Kier molecular flexibility index (Phi) is 3.12. The van der Waals surface area contributed by atoms with Gasteiger partial charge in [-0.25, -0.2) is 0 Å². The number of nitrogens with one attached hydrogen (secondary N) is 3.